The molecule has 3 aromatic rings. The van der Waals surface area contributed by atoms with Crippen molar-refractivity contribution in [1.82, 2.24) is 10.2 Å². The van der Waals surface area contributed by atoms with E-state index in [0.29, 0.717) is 21.8 Å². The van der Waals surface area contributed by atoms with Crippen LogP contribution >= 0.6 is 11.6 Å². The second-order valence-electron chi connectivity index (χ2n) is 7.45. The number of halogens is 1. The predicted octanol–water partition coefficient (Wildman–Crippen LogP) is 4.54. The molecule has 0 spiro atoms. The summed E-state index contributed by atoms with van der Waals surface area (Å²) in [6.45, 7) is 0. The van der Waals surface area contributed by atoms with Crippen molar-refractivity contribution in [3.05, 3.63) is 101 Å². The normalized spacial score (nSPS) is 11.3. The van der Waals surface area contributed by atoms with Gasteiger partial charge in [0.05, 0.1) is 23.0 Å². The summed E-state index contributed by atoms with van der Waals surface area (Å²) in [5.74, 6) is -0.747. The van der Waals surface area contributed by atoms with E-state index in [-0.39, 0.29) is 24.1 Å². The van der Waals surface area contributed by atoms with E-state index >= 15 is 0 Å². The molecule has 1 unspecified atom stereocenters. The molecule has 0 aromatic heterocycles. The first-order valence-corrected chi connectivity index (χ1v) is 10.4. The lowest BCUT2D eigenvalue weighted by Gasteiger charge is -2.19. The number of nitrogens with one attached hydrogen (secondary N) is 2. The topological polar surface area (TPSA) is 78.5 Å². The largest absolute Gasteiger partial charge is 0.345 e. The van der Waals surface area contributed by atoms with E-state index in [2.05, 4.69) is 10.6 Å². The highest BCUT2D eigenvalue weighted by Crippen LogP contribution is 2.21. The van der Waals surface area contributed by atoms with Gasteiger partial charge in [-0.05, 0) is 42.0 Å². The van der Waals surface area contributed by atoms with Crippen molar-refractivity contribution in [2.45, 2.75) is 12.5 Å². The van der Waals surface area contributed by atoms with Crippen LogP contribution in [0.4, 0.5) is 5.69 Å². The maximum Gasteiger partial charge on any atom is 0.253 e. The summed E-state index contributed by atoms with van der Waals surface area (Å²) in [5, 5.41) is 6.07. The van der Waals surface area contributed by atoms with Crippen LogP contribution in [0.3, 0.4) is 0 Å². The lowest BCUT2D eigenvalue weighted by molar-refractivity contribution is -0.116. The van der Waals surface area contributed by atoms with Gasteiger partial charge in [0.2, 0.25) is 5.91 Å². The van der Waals surface area contributed by atoms with Crippen LogP contribution in [0, 0.1) is 0 Å². The standard InChI is InChI=1S/C25H24ClN3O3/c1-29(2)25(32)18-12-14-19(15-13-18)27-23(30)16-22(17-8-4-3-5-9-17)28-24(31)20-10-6-7-11-21(20)26/h3-15,22H,16H2,1-2H3,(H,27,30)(H,28,31). The van der Waals surface area contributed by atoms with Gasteiger partial charge in [-0.3, -0.25) is 14.4 Å². The van der Waals surface area contributed by atoms with E-state index in [1.165, 1.54) is 4.90 Å². The molecule has 164 valence electrons. The van der Waals surface area contributed by atoms with Gasteiger partial charge in [0.25, 0.3) is 11.8 Å². The Bertz CT molecular complexity index is 1100. The van der Waals surface area contributed by atoms with Crippen molar-refractivity contribution in [2.75, 3.05) is 19.4 Å². The number of hydrogen-bond donors (Lipinski definition) is 2. The van der Waals surface area contributed by atoms with E-state index in [1.54, 1.807) is 62.6 Å². The number of amides is 3. The number of anilines is 1. The van der Waals surface area contributed by atoms with E-state index in [4.69, 9.17) is 11.6 Å². The lowest BCUT2D eigenvalue weighted by Crippen LogP contribution is -2.31. The second kappa shape index (κ2) is 10.6. The van der Waals surface area contributed by atoms with Gasteiger partial charge in [0.1, 0.15) is 0 Å². The first-order valence-electron chi connectivity index (χ1n) is 10.1. The minimum atomic E-state index is -0.547. The van der Waals surface area contributed by atoms with Crippen molar-refractivity contribution in [3.8, 4) is 0 Å². The number of carbonyl (C=O) groups is 3. The molecule has 0 aliphatic rings. The molecule has 0 saturated carbocycles. The molecular weight excluding hydrogens is 426 g/mol. The minimum absolute atomic E-state index is 0.0264. The Labute approximate surface area is 192 Å². The van der Waals surface area contributed by atoms with Gasteiger partial charge in [0.15, 0.2) is 0 Å². The van der Waals surface area contributed by atoms with E-state index in [9.17, 15) is 14.4 Å². The van der Waals surface area contributed by atoms with Gasteiger partial charge < -0.3 is 15.5 Å². The highest BCUT2D eigenvalue weighted by Gasteiger charge is 2.20. The minimum Gasteiger partial charge on any atom is -0.345 e. The van der Waals surface area contributed by atoms with Gasteiger partial charge >= 0.3 is 0 Å². The first kappa shape index (κ1) is 23.0. The molecule has 3 aromatic carbocycles. The molecule has 7 heteroatoms. The summed E-state index contributed by atoms with van der Waals surface area (Å²) < 4.78 is 0. The summed E-state index contributed by atoms with van der Waals surface area (Å²) in [4.78, 5) is 39.0. The van der Waals surface area contributed by atoms with Crippen LogP contribution in [0.2, 0.25) is 5.02 Å². The molecule has 0 saturated heterocycles. The van der Waals surface area contributed by atoms with Crippen LogP contribution in [-0.4, -0.2) is 36.7 Å². The molecule has 0 bridgehead atoms. The van der Waals surface area contributed by atoms with E-state index < -0.39 is 6.04 Å². The Balaban J connectivity index is 1.72. The molecule has 0 radical (unpaired) electrons. The summed E-state index contributed by atoms with van der Waals surface area (Å²) >= 11 is 6.15. The lowest BCUT2D eigenvalue weighted by atomic mass is 10.0. The third-order valence-electron chi connectivity index (χ3n) is 4.84. The molecule has 32 heavy (non-hydrogen) atoms. The van der Waals surface area contributed by atoms with Crippen LogP contribution in [0.15, 0.2) is 78.9 Å². The fraction of sp³-hybridized carbons (Fsp3) is 0.160. The van der Waals surface area contributed by atoms with Gasteiger partial charge in [-0.1, -0.05) is 54.1 Å². The van der Waals surface area contributed by atoms with Crippen molar-refractivity contribution in [1.29, 1.82) is 0 Å². The smallest absolute Gasteiger partial charge is 0.253 e. The Morgan fingerprint density at radius 1 is 0.875 bits per heavy atom. The first-order chi connectivity index (χ1) is 15.3. The predicted molar refractivity (Wildman–Crippen MR) is 126 cm³/mol. The zero-order chi connectivity index (χ0) is 23.1. The maximum atomic E-state index is 12.8. The average Bonchev–Trinajstić information content (AvgIpc) is 2.79. The fourth-order valence-electron chi connectivity index (χ4n) is 3.17. The molecule has 6 nitrogen and oxygen atoms in total. The van der Waals surface area contributed by atoms with Gasteiger partial charge in [-0.25, -0.2) is 0 Å². The van der Waals surface area contributed by atoms with Crippen LogP contribution in [0.1, 0.15) is 38.7 Å². The van der Waals surface area contributed by atoms with Crippen LogP contribution in [-0.2, 0) is 4.79 Å². The second-order valence-corrected chi connectivity index (χ2v) is 7.85. The molecule has 1 atom stereocenters. The van der Waals surface area contributed by atoms with Crippen LogP contribution in [0.25, 0.3) is 0 Å². The Kier molecular flexibility index (Phi) is 7.63. The fourth-order valence-corrected chi connectivity index (χ4v) is 3.39. The molecule has 0 aliphatic heterocycles. The molecule has 2 N–H and O–H groups in total. The maximum absolute atomic E-state index is 12.8. The zero-order valence-corrected chi connectivity index (χ0v) is 18.6. The van der Waals surface area contributed by atoms with Crippen molar-refractivity contribution in [2.24, 2.45) is 0 Å². The number of nitrogens with zero attached hydrogens (tertiary/aromatic N) is 1. The number of carbonyl (C=O) groups excluding carboxylic acids is 3. The third kappa shape index (κ3) is 5.95. The zero-order valence-electron chi connectivity index (χ0n) is 17.8. The molecule has 0 aliphatic carbocycles. The van der Waals surface area contributed by atoms with Gasteiger partial charge in [-0.2, -0.15) is 0 Å². The van der Waals surface area contributed by atoms with Crippen LogP contribution < -0.4 is 10.6 Å². The number of rotatable bonds is 7. The Morgan fingerprint density at radius 2 is 1.50 bits per heavy atom. The third-order valence-corrected chi connectivity index (χ3v) is 5.17. The molecule has 3 amide bonds. The highest BCUT2D eigenvalue weighted by molar-refractivity contribution is 6.33. The quantitative estimate of drug-likeness (QED) is 0.555. The summed E-state index contributed by atoms with van der Waals surface area (Å²) in [6.07, 6.45) is 0.0264. The molecule has 0 fully saturated rings. The SMILES string of the molecule is CN(C)C(=O)c1ccc(NC(=O)CC(NC(=O)c2ccccc2Cl)c2ccccc2)cc1. The molecular formula is C25H24ClN3O3. The van der Waals surface area contributed by atoms with Crippen molar-refractivity contribution < 1.29 is 14.4 Å². The molecule has 3 rings (SSSR count). The number of hydrogen-bond acceptors (Lipinski definition) is 3. The van der Waals surface area contributed by atoms with E-state index in [0.717, 1.165) is 5.56 Å². The van der Waals surface area contributed by atoms with Crippen molar-refractivity contribution >= 4 is 35.0 Å². The van der Waals surface area contributed by atoms with E-state index in [1.807, 2.05) is 30.3 Å². The molecule has 0 heterocycles. The Morgan fingerprint density at radius 3 is 2.12 bits per heavy atom. The van der Waals surface area contributed by atoms with Gasteiger partial charge in [-0.15, -0.1) is 0 Å². The monoisotopic (exact) mass is 449 g/mol. The number of benzene rings is 3. The van der Waals surface area contributed by atoms with Crippen LogP contribution in [0.5, 0.6) is 0 Å². The average molecular weight is 450 g/mol. The summed E-state index contributed by atoms with van der Waals surface area (Å²) in [5.41, 5.74) is 2.24. The highest BCUT2D eigenvalue weighted by atomic mass is 35.5. The Hall–Kier alpha value is -3.64. The van der Waals surface area contributed by atoms with Gasteiger partial charge in [0, 0.05) is 25.3 Å². The summed E-state index contributed by atoms with van der Waals surface area (Å²) in [7, 11) is 3.36. The van der Waals surface area contributed by atoms with Crippen molar-refractivity contribution in [3.63, 3.8) is 0 Å². The summed E-state index contributed by atoms with van der Waals surface area (Å²) in [6, 6.07) is 22.2.